The van der Waals surface area contributed by atoms with Crippen LogP contribution in [0.4, 0.5) is 19.0 Å². The Bertz CT molecular complexity index is 784. The summed E-state index contributed by atoms with van der Waals surface area (Å²) >= 11 is 0. The van der Waals surface area contributed by atoms with E-state index in [2.05, 4.69) is 20.2 Å². The van der Waals surface area contributed by atoms with Gasteiger partial charge in [-0.3, -0.25) is 4.90 Å². The lowest BCUT2D eigenvalue weighted by Crippen LogP contribution is -2.46. The van der Waals surface area contributed by atoms with Crippen molar-refractivity contribution in [3.63, 3.8) is 0 Å². The number of ether oxygens (including phenoxy) is 1. The summed E-state index contributed by atoms with van der Waals surface area (Å²) in [6, 6.07) is 4.39. The lowest BCUT2D eigenvalue weighted by molar-refractivity contribution is -0.137. The summed E-state index contributed by atoms with van der Waals surface area (Å²) in [7, 11) is 0. The number of nitrogens with zero attached hydrogens (tertiary/aromatic N) is 3. The predicted molar refractivity (Wildman–Crippen MR) is 96.6 cm³/mol. The van der Waals surface area contributed by atoms with Crippen molar-refractivity contribution < 1.29 is 17.9 Å². The predicted octanol–water partition coefficient (Wildman–Crippen LogP) is 3.70. The average Bonchev–Trinajstić information content (AvgIpc) is 2.68. The van der Waals surface area contributed by atoms with Crippen LogP contribution in [0.1, 0.15) is 31.2 Å². The van der Waals surface area contributed by atoms with Crippen LogP contribution < -0.4 is 5.32 Å². The summed E-state index contributed by atoms with van der Waals surface area (Å²) in [6.07, 6.45) is 1.14. The molecule has 1 saturated heterocycles. The number of nitrogens with one attached hydrogen (secondary N) is 1. The summed E-state index contributed by atoms with van der Waals surface area (Å²) < 4.78 is 44.6. The zero-order valence-corrected chi connectivity index (χ0v) is 15.0. The van der Waals surface area contributed by atoms with Crippen molar-refractivity contribution in [3.8, 4) is 0 Å². The zero-order valence-electron chi connectivity index (χ0n) is 15.0. The minimum Gasteiger partial charge on any atom is -0.379 e. The molecule has 2 aromatic rings. The maximum absolute atomic E-state index is 13.1. The molecular formula is C19H23F3N4O. The average molecular weight is 380 g/mol. The monoisotopic (exact) mass is 380 g/mol. The second kappa shape index (κ2) is 7.59. The van der Waals surface area contributed by atoms with E-state index in [0.717, 1.165) is 64.1 Å². The van der Waals surface area contributed by atoms with Crippen LogP contribution in [0.3, 0.4) is 0 Å². The molecule has 2 heterocycles. The maximum atomic E-state index is 13.1. The summed E-state index contributed by atoms with van der Waals surface area (Å²) in [5.41, 5.74) is -0.161. The third-order valence-corrected chi connectivity index (χ3v) is 5.56. The van der Waals surface area contributed by atoms with E-state index in [1.54, 1.807) is 0 Å². The molecule has 0 spiro atoms. The number of rotatable bonds is 3. The first-order valence-electron chi connectivity index (χ1n) is 9.41. The SMILES string of the molecule is FC(F)(F)c1ccc2ncnc(NC3CCC(N4CCOCC4)CC3)c2c1. The highest BCUT2D eigenvalue weighted by Crippen LogP contribution is 2.33. The molecule has 1 aliphatic heterocycles. The molecule has 0 unspecified atom stereocenters. The van der Waals surface area contributed by atoms with Crippen molar-refractivity contribution in [1.82, 2.24) is 14.9 Å². The van der Waals surface area contributed by atoms with Gasteiger partial charge < -0.3 is 10.1 Å². The van der Waals surface area contributed by atoms with Crippen molar-refractivity contribution in [2.75, 3.05) is 31.6 Å². The molecule has 1 aromatic carbocycles. The Labute approximate surface area is 155 Å². The normalized spacial score (nSPS) is 24.9. The molecule has 0 bridgehead atoms. The van der Waals surface area contributed by atoms with Gasteiger partial charge in [-0.05, 0) is 43.9 Å². The second-order valence-corrected chi connectivity index (χ2v) is 7.25. The van der Waals surface area contributed by atoms with Gasteiger partial charge in [-0.25, -0.2) is 9.97 Å². The molecule has 0 radical (unpaired) electrons. The first-order chi connectivity index (χ1) is 13.0. The van der Waals surface area contributed by atoms with E-state index in [9.17, 15) is 13.2 Å². The van der Waals surface area contributed by atoms with Crippen molar-refractivity contribution in [2.24, 2.45) is 0 Å². The Kier molecular flexibility index (Phi) is 5.19. The van der Waals surface area contributed by atoms with Gasteiger partial charge in [-0.15, -0.1) is 0 Å². The highest BCUT2D eigenvalue weighted by molar-refractivity contribution is 5.89. The third-order valence-electron chi connectivity index (χ3n) is 5.56. The quantitative estimate of drug-likeness (QED) is 0.880. The van der Waals surface area contributed by atoms with Gasteiger partial charge in [-0.2, -0.15) is 13.2 Å². The second-order valence-electron chi connectivity index (χ2n) is 7.25. The highest BCUT2D eigenvalue weighted by atomic mass is 19.4. The van der Waals surface area contributed by atoms with E-state index in [-0.39, 0.29) is 6.04 Å². The van der Waals surface area contributed by atoms with Crippen LogP contribution in [-0.2, 0) is 10.9 Å². The summed E-state index contributed by atoms with van der Waals surface area (Å²) in [5, 5.41) is 3.78. The molecule has 0 amide bonds. The number of anilines is 1. The van der Waals surface area contributed by atoms with Crippen LogP contribution in [0.15, 0.2) is 24.5 Å². The third kappa shape index (κ3) is 4.16. The largest absolute Gasteiger partial charge is 0.416 e. The number of alkyl halides is 3. The number of halogens is 3. The number of aromatic nitrogens is 2. The zero-order chi connectivity index (χ0) is 18.9. The molecule has 4 rings (SSSR count). The number of benzene rings is 1. The Morgan fingerprint density at radius 2 is 1.78 bits per heavy atom. The van der Waals surface area contributed by atoms with Crippen LogP contribution in [0.2, 0.25) is 0 Å². The molecule has 146 valence electrons. The number of morpholine rings is 1. The van der Waals surface area contributed by atoms with E-state index in [4.69, 9.17) is 4.74 Å². The van der Waals surface area contributed by atoms with Gasteiger partial charge in [0.2, 0.25) is 0 Å². The van der Waals surface area contributed by atoms with Gasteiger partial charge in [0.05, 0.1) is 24.3 Å². The lowest BCUT2D eigenvalue weighted by atomic mass is 9.90. The fourth-order valence-electron chi connectivity index (χ4n) is 4.07. The smallest absolute Gasteiger partial charge is 0.379 e. The van der Waals surface area contributed by atoms with Crippen molar-refractivity contribution >= 4 is 16.7 Å². The standard InChI is InChI=1S/C19H23F3N4O/c20-19(21,22)13-1-6-17-16(11-13)18(24-12-23-17)25-14-2-4-15(5-3-14)26-7-9-27-10-8-26/h1,6,11-12,14-15H,2-5,7-10H2,(H,23,24,25). The Hall–Kier alpha value is -1.93. The van der Waals surface area contributed by atoms with Gasteiger partial charge >= 0.3 is 6.18 Å². The van der Waals surface area contributed by atoms with Gasteiger partial charge in [0.25, 0.3) is 0 Å². The molecule has 2 fully saturated rings. The first-order valence-corrected chi connectivity index (χ1v) is 9.41. The van der Waals surface area contributed by atoms with Gasteiger partial charge in [-0.1, -0.05) is 0 Å². The lowest BCUT2D eigenvalue weighted by Gasteiger charge is -2.39. The fraction of sp³-hybridized carbons (Fsp3) is 0.579. The maximum Gasteiger partial charge on any atom is 0.416 e. The molecular weight excluding hydrogens is 357 g/mol. The van der Waals surface area contributed by atoms with Crippen LogP contribution in [-0.4, -0.2) is 53.3 Å². The number of hydrogen-bond acceptors (Lipinski definition) is 5. The first kappa shape index (κ1) is 18.4. The van der Waals surface area contributed by atoms with Crippen molar-refractivity contribution in [2.45, 2.75) is 43.9 Å². The Balaban J connectivity index is 1.46. The fourth-order valence-corrected chi connectivity index (χ4v) is 4.07. The molecule has 1 aliphatic carbocycles. The van der Waals surface area contributed by atoms with E-state index in [1.807, 2.05) is 0 Å². The van der Waals surface area contributed by atoms with E-state index in [0.29, 0.717) is 22.8 Å². The van der Waals surface area contributed by atoms with Gasteiger partial charge in [0.15, 0.2) is 0 Å². The molecule has 1 N–H and O–H groups in total. The number of fused-ring (bicyclic) bond motifs is 1. The summed E-state index contributed by atoms with van der Waals surface area (Å²) in [6.45, 7) is 3.57. The van der Waals surface area contributed by atoms with Crippen LogP contribution in [0.5, 0.6) is 0 Å². The minimum atomic E-state index is -4.38. The molecule has 5 nitrogen and oxygen atoms in total. The molecule has 8 heteroatoms. The molecule has 2 aliphatic rings. The van der Waals surface area contributed by atoms with Crippen LogP contribution in [0.25, 0.3) is 10.9 Å². The topological polar surface area (TPSA) is 50.3 Å². The Morgan fingerprint density at radius 1 is 1.04 bits per heavy atom. The van der Waals surface area contributed by atoms with Crippen molar-refractivity contribution in [1.29, 1.82) is 0 Å². The molecule has 27 heavy (non-hydrogen) atoms. The van der Waals surface area contributed by atoms with E-state index in [1.165, 1.54) is 12.4 Å². The molecule has 1 aromatic heterocycles. The summed E-state index contributed by atoms with van der Waals surface area (Å²) in [5.74, 6) is 0.487. The Morgan fingerprint density at radius 3 is 2.48 bits per heavy atom. The van der Waals surface area contributed by atoms with E-state index >= 15 is 0 Å². The molecule has 0 atom stereocenters. The van der Waals surface area contributed by atoms with Gasteiger partial charge in [0, 0.05) is 30.6 Å². The van der Waals surface area contributed by atoms with E-state index < -0.39 is 11.7 Å². The van der Waals surface area contributed by atoms with Gasteiger partial charge in [0.1, 0.15) is 12.1 Å². The van der Waals surface area contributed by atoms with Crippen molar-refractivity contribution in [3.05, 3.63) is 30.1 Å². The van der Waals surface area contributed by atoms with Crippen LogP contribution in [0, 0.1) is 0 Å². The highest BCUT2D eigenvalue weighted by Gasteiger charge is 2.31. The minimum absolute atomic E-state index is 0.218. The summed E-state index contributed by atoms with van der Waals surface area (Å²) in [4.78, 5) is 10.8. The number of hydrogen-bond donors (Lipinski definition) is 1. The molecule has 1 saturated carbocycles. The van der Waals surface area contributed by atoms with Crippen LogP contribution >= 0.6 is 0 Å².